The van der Waals surface area contributed by atoms with Crippen molar-refractivity contribution in [2.45, 2.75) is 0 Å². The smallest absolute Gasteiger partial charge is 0.271 e. The molecule has 0 aliphatic rings. The van der Waals surface area contributed by atoms with Gasteiger partial charge >= 0.3 is 0 Å². The number of carbonyl (C=O) groups excluding carboxylic acids is 1. The molecule has 0 unspecified atom stereocenters. The van der Waals surface area contributed by atoms with Gasteiger partial charge in [0.1, 0.15) is 0 Å². The normalized spacial score (nSPS) is 10.1. The lowest BCUT2D eigenvalue weighted by Crippen LogP contribution is -2.15. The topological polar surface area (TPSA) is 148 Å². The van der Waals surface area contributed by atoms with E-state index < -0.39 is 15.8 Å². The summed E-state index contributed by atoms with van der Waals surface area (Å²) in [6.07, 6.45) is 0. The quantitative estimate of drug-likeness (QED) is 0.514. The number of hydrogen-bond acceptors (Lipinski definition) is 7. The van der Waals surface area contributed by atoms with Gasteiger partial charge in [0.05, 0.1) is 27.8 Å². The molecule has 2 aromatic carbocycles. The van der Waals surface area contributed by atoms with Crippen LogP contribution in [0.3, 0.4) is 0 Å². The van der Waals surface area contributed by atoms with Gasteiger partial charge in [0.15, 0.2) is 0 Å². The van der Waals surface area contributed by atoms with Crippen molar-refractivity contribution in [3.8, 4) is 0 Å². The average molecular weight is 346 g/mol. The Kier molecular flexibility index (Phi) is 5.58. The number of anilines is 2. The molecule has 130 valence electrons. The lowest BCUT2D eigenvalue weighted by molar-refractivity contribution is -0.385. The highest BCUT2D eigenvalue weighted by molar-refractivity contribution is 6.06. The first-order valence-corrected chi connectivity index (χ1v) is 7.11. The predicted octanol–water partition coefficient (Wildman–Crippen LogP) is 2.16. The Balaban J connectivity index is 2.26. The van der Waals surface area contributed by atoms with E-state index in [2.05, 4.69) is 10.6 Å². The molecule has 2 aromatic rings. The zero-order valence-corrected chi connectivity index (χ0v) is 12.8. The number of hydrogen-bond donors (Lipinski definition) is 3. The van der Waals surface area contributed by atoms with Crippen molar-refractivity contribution in [1.82, 2.24) is 0 Å². The second-order valence-corrected chi connectivity index (χ2v) is 4.90. The van der Waals surface area contributed by atoms with E-state index in [0.717, 1.165) is 0 Å². The summed E-state index contributed by atoms with van der Waals surface area (Å²) >= 11 is 0. The molecule has 3 N–H and O–H groups in total. The molecule has 0 aromatic heterocycles. The minimum Gasteiger partial charge on any atom is -0.395 e. The van der Waals surface area contributed by atoms with Crippen LogP contribution >= 0.6 is 0 Å². The fourth-order valence-corrected chi connectivity index (χ4v) is 2.02. The van der Waals surface area contributed by atoms with E-state index >= 15 is 0 Å². The Bertz CT molecular complexity index is 806. The van der Waals surface area contributed by atoms with Crippen molar-refractivity contribution < 1.29 is 19.7 Å². The van der Waals surface area contributed by atoms with E-state index in [1.807, 2.05) is 0 Å². The summed E-state index contributed by atoms with van der Waals surface area (Å²) in [7, 11) is 0. The molecule has 0 aliphatic heterocycles. The molecular formula is C15H14N4O6. The highest BCUT2D eigenvalue weighted by Gasteiger charge is 2.15. The molecular weight excluding hydrogens is 332 g/mol. The second-order valence-electron chi connectivity index (χ2n) is 4.90. The molecule has 1 amide bonds. The summed E-state index contributed by atoms with van der Waals surface area (Å²) in [5, 5.41) is 35.8. The molecule has 25 heavy (non-hydrogen) atoms. The Morgan fingerprint density at radius 1 is 0.960 bits per heavy atom. The van der Waals surface area contributed by atoms with Crippen molar-refractivity contribution in [3.05, 3.63) is 68.3 Å². The highest BCUT2D eigenvalue weighted by atomic mass is 16.6. The van der Waals surface area contributed by atoms with Gasteiger partial charge in [-0.25, -0.2) is 0 Å². The van der Waals surface area contributed by atoms with Crippen LogP contribution in [-0.2, 0) is 0 Å². The summed E-state index contributed by atoms with van der Waals surface area (Å²) in [5.74, 6) is -0.581. The molecule has 0 atom stereocenters. The Labute approximate surface area is 141 Å². The molecule has 2 rings (SSSR count). The van der Waals surface area contributed by atoms with Crippen molar-refractivity contribution >= 4 is 28.7 Å². The summed E-state index contributed by atoms with van der Waals surface area (Å²) in [6, 6.07) is 8.81. The van der Waals surface area contributed by atoms with Gasteiger partial charge in [-0.05, 0) is 18.2 Å². The summed E-state index contributed by atoms with van der Waals surface area (Å²) in [4.78, 5) is 32.6. The molecule has 10 nitrogen and oxygen atoms in total. The number of amides is 1. The van der Waals surface area contributed by atoms with Crippen LogP contribution in [0.15, 0.2) is 42.5 Å². The van der Waals surface area contributed by atoms with Crippen LogP contribution < -0.4 is 10.6 Å². The van der Waals surface area contributed by atoms with Gasteiger partial charge in [-0.3, -0.25) is 25.0 Å². The number of nitrogens with zero attached hydrogens (tertiary/aromatic N) is 2. The monoisotopic (exact) mass is 346 g/mol. The van der Waals surface area contributed by atoms with Crippen LogP contribution in [0.1, 0.15) is 10.4 Å². The van der Waals surface area contributed by atoms with Crippen LogP contribution in [0.25, 0.3) is 0 Å². The van der Waals surface area contributed by atoms with Gasteiger partial charge in [-0.2, -0.15) is 0 Å². The van der Waals surface area contributed by atoms with E-state index in [9.17, 15) is 25.0 Å². The second kappa shape index (κ2) is 7.84. The Morgan fingerprint density at radius 2 is 1.56 bits per heavy atom. The fourth-order valence-electron chi connectivity index (χ4n) is 2.02. The molecule has 0 bridgehead atoms. The predicted molar refractivity (Wildman–Crippen MR) is 89.7 cm³/mol. The van der Waals surface area contributed by atoms with Gasteiger partial charge in [-0.1, -0.05) is 0 Å². The van der Waals surface area contributed by atoms with E-state index in [-0.39, 0.29) is 35.8 Å². The summed E-state index contributed by atoms with van der Waals surface area (Å²) < 4.78 is 0. The van der Waals surface area contributed by atoms with Crippen LogP contribution in [0.4, 0.5) is 22.7 Å². The Morgan fingerprint density at radius 3 is 2.12 bits per heavy atom. The number of rotatable bonds is 7. The van der Waals surface area contributed by atoms with Crippen LogP contribution in [0.2, 0.25) is 0 Å². The maximum absolute atomic E-state index is 12.3. The lowest BCUT2D eigenvalue weighted by Gasteiger charge is -2.12. The molecule has 0 saturated carbocycles. The van der Waals surface area contributed by atoms with Crippen LogP contribution in [0.5, 0.6) is 0 Å². The molecule has 0 saturated heterocycles. The number of carbonyl (C=O) groups is 1. The minimum absolute atomic E-state index is 0.155. The fraction of sp³-hybridized carbons (Fsp3) is 0.133. The van der Waals surface area contributed by atoms with Gasteiger partial charge in [0.25, 0.3) is 17.3 Å². The maximum Gasteiger partial charge on any atom is 0.271 e. The zero-order valence-electron chi connectivity index (χ0n) is 12.8. The van der Waals surface area contributed by atoms with Gasteiger partial charge in [-0.15, -0.1) is 0 Å². The first-order chi connectivity index (χ1) is 11.9. The summed E-state index contributed by atoms with van der Waals surface area (Å²) in [6.45, 7) is 0.0327. The number of non-ortho nitro benzene ring substituents is 2. The minimum atomic E-state index is -0.600. The number of nitrogens with one attached hydrogen (secondary N) is 2. The Hall–Kier alpha value is -3.53. The zero-order chi connectivity index (χ0) is 18.4. The van der Waals surface area contributed by atoms with Gasteiger partial charge in [0, 0.05) is 36.4 Å². The number of aliphatic hydroxyl groups excluding tert-OH is 1. The molecule has 0 fully saturated rings. The van der Waals surface area contributed by atoms with E-state index in [1.54, 1.807) is 0 Å². The molecule has 0 heterocycles. The summed E-state index contributed by atoms with van der Waals surface area (Å²) in [5.41, 5.74) is 0.344. The van der Waals surface area contributed by atoms with E-state index in [1.165, 1.54) is 42.5 Å². The van der Waals surface area contributed by atoms with Crippen molar-refractivity contribution in [2.24, 2.45) is 0 Å². The third-order valence-corrected chi connectivity index (χ3v) is 3.23. The van der Waals surface area contributed by atoms with Crippen LogP contribution in [-0.4, -0.2) is 34.0 Å². The third-order valence-electron chi connectivity index (χ3n) is 3.23. The molecule has 10 heteroatoms. The van der Waals surface area contributed by atoms with Crippen molar-refractivity contribution in [3.63, 3.8) is 0 Å². The number of nitro groups is 2. The number of nitro benzene ring substituents is 2. The number of aliphatic hydroxyl groups is 1. The largest absolute Gasteiger partial charge is 0.395 e. The lowest BCUT2D eigenvalue weighted by atomic mass is 10.1. The highest BCUT2D eigenvalue weighted by Crippen LogP contribution is 2.27. The third kappa shape index (κ3) is 4.48. The van der Waals surface area contributed by atoms with Crippen molar-refractivity contribution in [1.29, 1.82) is 0 Å². The first kappa shape index (κ1) is 17.8. The molecule has 0 aliphatic carbocycles. The average Bonchev–Trinajstić information content (AvgIpc) is 2.60. The number of benzene rings is 2. The molecule has 0 radical (unpaired) electrons. The van der Waals surface area contributed by atoms with Crippen molar-refractivity contribution in [2.75, 3.05) is 23.8 Å². The SMILES string of the molecule is O=C(Nc1cc([N+](=O)[O-])ccc1NCCO)c1ccc([N+](=O)[O-])cc1. The molecule has 0 spiro atoms. The first-order valence-electron chi connectivity index (χ1n) is 7.11. The van der Waals surface area contributed by atoms with E-state index in [0.29, 0.717) is 5.69 Å². The van der Waals surface area contributed by atoms with Gasteiger partial charge < -0.3 is 15.7 Å². The van der Waals surface area contributed by atoms with E-state index in [4.69, 9.17) is 5.11 Å². The standard InChI is InChI=1S/C15H14N4O6/c20-8-7-16-13-6-5-12(19(24)25)9-14(13)17-15(21)10-1-3-11(4-2-10)18(22)23/h1-6,9,16,20H,7-8H2,(H,17,21). The maximum atomic E-state index is 12.3. The van der Waals surface area contributed by atoms with Crippen LogP contribution in [0, 0.1) is 20.2 Å². The van der Waals surface area contributed by atoms with Gasteiger partial charge in [0.2, 0.25) is 0 Å².